The van der Waals surface area contributed by atoms with Gasteiger partial charge in [0.1, 0.15) is 18.5 Å². The molecule has 2 N–H and O–H groups in total. The number of nitrogens with two attached hydrogens (primary N) is 1. The molecule has 0 spiro atoms. The summed E-state index contributed by atoms with van der Waals surface area (Å²) < 4.78 is 27.3. The van der Waals surface area contributed by atoms with E-state index in [0.717, 1.165) is 16.5 Å². The number of aromatic nitrogens is 1. The van der Waals surface area contributed by atoms with E-state index in [1.807, 2.05) is 42.1 Å². The third kappa shape index (κ3) is 3.67. The van der Waals surface area contributed by atoms with Crippen LogP contribution in [0.15, 0.2) is 48.7 Å². The molecule has 2 heterocycles. The topological polar surface area (TPSA) is 66.5 Å². The van der Waals surface area contributed by atoms with Gasteiger partial charge in [0.15, 0.2) is 11.5 Å². The first-order valence-corrected chi connectivity index (χ1v) is 9.42. The number of para-hydroxylation sites is 2. The van der Waals surface area contributed by atoms with Crippen LogP contribution < -0.4 is 15.2 Å². The molecule has 3 aromatic rings. The Balaban J connectivity index is 1.45. The van der Waals surface area contributed by atoms with Gasteiger partial charge in [0, 0.05) is 30.1 Å². The highest BCUT2D eigenvalue weighted by Crippen LogP contribution is 2.33. The van der Waals surface area contributed by atoms with E-state index < -0.39 is 0 Å². The van der Waals surface area contributed by atoms with Crippen molar-refractivity contribution in [2.75, 3.05) is 6.61 Å². The van der Waals surface area contributed by atoms with E-state index in [0.29, 0.717) is 37.4 Å². The fraction of sp³-hybridized carbons (Fsp3) is 0.318. The minimum Gasteiger partial charge on any atom is -0.486 e. The normalized spacial score (nSPS) is 16.9. The summed E-state index contributed by atoms with van der Waals surface area (Å²) in [7, 11) is 1.93. The van der Waals surface area contributed by atoms with Gasteiger partial charge in [-0.1, -0.05) is 12.1 Å². The summed E-state index contributed by atoms with van der Waals surface area (Å²) in [6, 6.07) is 12.2. The van der Waals surface area contributed by atoms with Gasteiger partial charge in [-0.15, -0.1) is 0 Å². The lowest BCUT2D eigenvalue weighted by Gasteiger charge is -2.28. The van der Waals surface area contributed by atoms with E-state index in [1.54, 1.807) is 12.1 Å². The van der Waals surface area contributed by atoms with Crippen molar-refractivity contribution in [2.24, 2.45) is 18.7 Å². The molecule has 0 saturated heterocycles. The quantitative estimate of drug-likeness (QED) is 0.709. The SMILES string of the molecule is Cn1cc(CCC(CC2COc3ccccc3O2)C(N)=O)c2cc(F)ccc21. The Morgan fingerprint density at radius 2 is 2.07 bits per heavy atom. The Morgan fingerprint density at radius 3 is 2.86 bits per heavy atom. The number of benzene rings is 2. The zero-order chi connectivity index (χ0) is 19.7. The second-order valence-electron chi connectivity index (χ2n) is 7.30. The van der Waals surface area contributed by atoms with E-state index in [1.165, 1.54) is 6.07 Å². The highest BCUT2D eigenvalue weighted by atomic mass is 19.1. The predicted octanol–water partition coefficient (Wildman–Crippen LogP) is 3.58. The number of carbonyl (C=O) groups excluding carboxylic acids is 1. The molecule has 0 fully saturated rings. The molecule has 5 nitrogen and oxygen atoms in total. The van der Waals surface area contributed by atoms with Crippen LogP contribution in [0.2, 0.25) is 0 Å². The Hall–Kier alpha value is -3.02. The van der Waals surface area contributed by atoms with Crippen molar-refractivity contribution in [1.29, 1.82) is 0 Å². The van der Waals surface area contributed by atoms with Crippen LogP contribution in [0.1, 0.15) is 18.4 Å². The molecule has 28 heavy (non-hydrogen) atoms. The van der Waals surface area contributed by atoms with E-state index in [4.69, 9.17) is 15.2 Å². The molecule has 1 aliphatic heterocycles. The van der Waals surface area contributed by atoms with E-state index in [9.17, 15) is 9.18 Å². The zero-order valence-corrected chi connectivity index (χ0v) is 15.7. The summed E-state index contributed by atoms with van der Waals surface area (Å²) in [4.78, 5) is 12.0. The maximum atomic E-state index is 13.7. The Morgan fingerprint density at radius 1 is 1.29 bits per heavy atom. The van der Waals surface area contributed by atoms with Gasteiger partial charge in [-0.25, -0.2) is 4.39 Å². The summed E-state index contributed by atoms with van der Waals surface area (Å²) in [6.45, 7) is 0.389. The number of fused-ring (bicyclic) bond motifs is 2. The van der Waals surface area contributed by atoms with Crippen molar-refractivity contribution in [2.45, 2.75) is 25.4 Å². The van der Waals surface area contributed by atoms with Crippen LogP contribution in [0.5, 0.6) is 11.5 Å². The van der Waals surface area contributed by atoms with Crippen LogP contribution in [-0.2, 0) is 18.3 Å². The van der Waals surface area contributed by atoms with Crippen molar-refractivity contribution in [3.63, 3.8) is 0 Å². The molecule has 0 bridgehead atoms. The van der Waals surface area contributed by atoms with Crippen molar-refractivity contribution >= 4 is 16.8 Å². The van der Waals surface area contributed by atoms with Crippen LogP contribution in [0.4, 0.5) is 4.39 Å². The fourth-order valence-electron chi connectivity index (χ4n) is 3.85. The summed E-state index contributed by atoms with van der Waals surface area (Å²) >= 11 is 0. The van der Waals surface area contributed by atoms with Gasteiger partial charge in [-0.3, -0.25) is 4.79 Å². The van der Waals surface area contributed by atoms with Gasteiger partial charge in [-0.2, -0.15) is 0 Å². The highest BCUT2D eigenvalue weighted by molar-refractivity contribution is 5.84. The van der Waals surface area contributed by atoms with Crippen LogP contribution in [0.25, 0.3) is 10.9 Å². The molecule has 4 rings (SSSR count). The maximum Gasteiger partial charge on any atom is 0.220 e. The molecule has 1 amide bonds. The number of nitrogens with zero attached hydrogens (tertiary/aromatic N) is 1. The molecule has 0 aliphatic carbocycles. The van der Waals surface area contributed by atoms with Gasteiger partial charge in [-0.05, 0) is 55.2 Å². The molecule has 2 atom stereocenters. The first kappa shape index (κ1) is 18.3. The Bertz CT molecular complexity index is 1010. The van der Waals surface area contributed by atoms with Crippen LogP contribution >= 0.6 is 0 Å². The second-order valence-corrected chi connectivity index (χ2v) is 7.30. The minimum absolute atomic E-state index is 0.225. The number of hydrogen-bond donors (Lipinski definition) is 1. The number of rotatable bonds is 6. The molecular weight excluding hydrogens is 359 g/mol. The molecule has 0 radical (unpaired) electrons. The van der Waals surface area contributed by atoms with Crippen molar-refractivity contribution < 1.29 is 18.7 Å². The monoisotopic (exact) mass is 382 g/mol. The summed E-state index contributed by atoms with van der Waals surface area (Å²) in [5.41, 5.74) is 7.63. The maximum absolute atomic E-state index is 13.7. The lowest BCUT2D eigenvalue weighted by Crippen LogP contribution is -2.35. The predicted molar refractivity (Wildman–Crippen MR) is 105 cm³/mol. The van der Waals surface area contributed by atoms with Gasteiger partial charge in [0.05, 0.1) is 0 Å². The van der Waals surface area contributed by atoms with Gasteiger partial charge < -0.3 is 19.8 Å². The molecule has 1 aliphatic rings. The number of hydrogen-bond acceptors (Lipinski definition) is 3. The molecule has 146 valence electrons. The molecule has 6 heteroatoms. The highest BCUT2D eigenvalue weighted by Gasteiger charge is 2.27. The first-order chi connectivity index (χ1) is 13.5. The lowest BCUT2D eigenvalue weighted by molar-refractivity contribution is -0.123. The standard InChI is InChI=1S/C22H23FN2O3/c1-25-12-15(18-11-16(23)8-9-19(18)25)7-6-14(22(24)26)10-17-13-27-20-4-2-3-5-21(20)28-17/h2-5,8-9,11-12,14,17H,6-7,10,13H2,1H3,(H2,24,26). The Labute approximate surface area is 162 Å². The smallest absolute Gasteiger partial charge is 0.220 e. The van der Waals surface area contributed by atoms with Crippen LogP contribution in [0, 0.1) is 11.7 Å². The van der Waals surface area contributed by atoms with Crippen molar-refractivity contribution in [3.8, 4) is 11.5 Å². The van der Waals surface area contributed by atoms with Crippen molar-refractivity contribution in [3.05, 3.63) is 60.0 Å². The number of aryl methyl sites for hydroxylation is 2. The molecule has 1 aromatic heterocycles. The fourth-order valence-corrected chi connectivity index (χ4v) is 3.85. The van der Waals surface area contributed by atoms with E-state index in [-0.39, 0.29) is 23.7 Å². The average Bonchev–Trinajstić information content (AvgIpc) is 2.99. The van der Waals surface area contributed by atoms with Gasteiger partial charge in [0.2, 0.25) is 5.91 Å². The number of halogens is 1. The minimum atomic E-state index is -0.353. The molecule has 2 aromatic carbocycles. The third-order valence-electron chi connectivity index (χ3n) is 5.31. The number of amides is 1. The number of primary amides is 1. The average molecular weight is 382 g/mol. The number of carbonyl (C=O) groups is 1. The van der Waals surface area contributed by atoms with E-state index >= 15 is 0 Å². The van der Waals surface area contributed by atoms with Crippen LogP contribution in [0.3, 0.4) is 0 Å². The second kappa shape index (κ2) is 7.54. The summed E-state index contributed by atoms with van der Waals surface area (Å²) in [5, 5.41) is 0.872. The molecule has 2 unspecified atom stereocenters. The summed E-state index contributed by atoms with van der Waals surface area (Å²) in [6.07, 6.45) is 3.46. The zero-order valence-electron chi connectivity index (χ0n) is 15.7. The molecular formula is C22H23FN2O3. The summed E-state index contributed by atoms with van der Waals surface area (Å²) in [5.74, 6) is 0.438. The largest absolute Gasteiger partial charge is 0.486 e. The van der Waals surface area contributed by atoms with E-state index in [2.05, 4.69) is 0 Å². The third-order valence-corrected chi connectivity index (χ3v) is 5.31. The van der Waals surface area contributed by atoms with Gasteiger partial charge in [0.25, 0.3) is 0 Å². The molecule has 0 saturated carbocycles. The first-order valence-electron chi connectivity index (χ1n) is 9.42. The lowest BCUT2D eigenvalue weighted by atomic mass is 9.93. The van der Waals surface area contributed by atoms with Crippen molar-refractivity contribution in [1.82, 2.24) is 4.57 Å². The van der Waals surface area contributed by atoms with Crippen LogP contribution in [-0.4, -0.2) is 23.2 Å². The van der Waals surface area contributed by atoms with Gasteiger partial charge >= 0.3 is 0 Å². The Kier molecular flexibility index (Phi) is 4.94. The number of ether oxygens (including phenoxy) is 2.